The number of rotatable bonds is 4. The number of para-hydroxylation sites is 1. The summed E-state index contributed by atoms with van der Waals surface area (Å²) in [7, 11) is 0. The fourth-order valence-corrected chi connectivity index (χ4v) is 2.69. The van der Waals surface area contributed by atoms with E-state index >= 15 is 0 Å². The Hall–Kier alpha value is -2.57. The van der Waals surface area contributed by atoms with Crippen molar-refractivity contribution in [3.63, 3.8) is 0 Å². The highest BCUT2D eigenvalue weighted by atomic mass is 15.0. The van der Waals surface area contributed by atoms with Gasteiger partial charge in [-0.15, -0.1) is 0 Å². The van der Waals surface area contributed by atoms with Gasteiger partial charge in [0.2, 0.25) is 0 Å². The molecule has 0 amide bonds. The molecule has 104 valence electrons. The van der Waals surface area contributed by atoms with Crippen molar-refractivity contribution < 1.29 is 0 Å². The molecular formula is C18H17N3. The van der Waals surface area contributed by atoms with Crippen molar-refractivity contribution in [2.24, 2.45) is 5.73 Å². The van der Waals surface area contributed by atoms with Gasteiger partial charge in [-0.3, -0.25) is 0 Å². The van der Waals surface area contributed by atoms with Crippen LogP contribution in [0.2, 0.25) is 0 Å². The maximum Gasteiger partial charge on any atom is 0.0991 e. The zero-order valence-electron chi connectivity index (χ0n) is 11.8. The number of nitriles is 1. The van der Waals surface area contributed by atoms with E-state index in [9.17, 15) is 0 Å². The second-order valence-corrected chi connectivity index (χ2v) is 5.15. The van der Waals surface area contributed by atoms with E-state index in [2.05, 4.69) is 41.1 Å². The minimum absolute atomic E-state index is 0.658. The zero-order chi connectivity index (χ0) is 14.7. The van der Waals surface area contributed by atoms with Crippen molar-refractivity contribution in [3.8, 4) is 6.07 Å². The highest BCUT2D eigenvalue weighted by Crippen LogP contribution is 2.22. The number of benzene rings is 2. The maximum absolute atomic E-state index is 8.85. The van der Waals surface area contributed by atoms with E-state index in [4.69, 9.17) is 11.0 Å². The molecule has 0 aliphatic rings. The van der Waals surface area contributed by atoms with Crippen LogP contribution in [0.1, 0.15) is 16.7 Å². The third-order valence-corrected chi connectivity index (χ3v) is 3.72. The number of hydrogen-bond acceptors (Lipinski definition) is 2. The molecule has 0 aliphatic carbocycles. The molecule has 0 saturated carbocycles. The van der Waals surface area contributed by atoms with Gasteiger partial charge in [-0.2, -0.15) is 5.26 Å². The summed E-state index contributed by atoms with van der Waals surface area (Å²) in [5, 5.41) is 10.1. The smallest absolute Gasteiger partial charge is 0.0991 e. The summed E-state index contributed by atoms with van der Waals surface area (Å²) in [6, 6.07) is 18.3. The molecule has 2 N–H and O–H groups in total. The first-order valence-electron chi connectivity index (χ1n) is 7.07. The molecule has 0 saturated heterocycles. The van der Waals surface area contributed by atoms with Gasteiger partial charge >= 0.3 is 0 Å². The van der Waals surface area contributed by atoms with Crippen molar-refractivity contribution in [2.75, 3.05) is 6.54 Å². The predicted octanol–water partition coefficient (Wildman–Crippen LogP) is 3.06. The van der Waals surface area contributed by atoms with Gasteiger partial charge in [0.15, 0.2) is 0 Å². The molecule has 3 nitrogen and oxygen atoms in total. The lowest BCUT2D eigenvalue weighted by Gasteiger charge is -2.05. The van der Waals surface area contributed by atoms with Crippen molar-refractivity contribution in [1.82, 2.24) is 4.57 Å². The molecule has 3 heteroatoms. The Morgan fingerprint density at radius 2 is 1.81 bits per heavy atom. The second-order valence-electron chi connectivity index (χ2n) is 5.15. The normalized spacial score (nSPS) is 10.7. The Morgan fingerprint density at radius 3 is 2.52 bits per heavy atom. The van der Waals surface area contributed by atoms with Crippen LogP contribution in [0.5, 0.6) is 0 Å². The molecule has 0 atom stereocenters. The largest absolute Gasteiger partial charge is 0.343 e. The first kappa shape index (κ1) is 13.4. The number of fused-ring (bicyclic) bond motifs is 1. The van der Waals surface area contributed by atoms with E-state index < -0.39 is 0 Å². The van der Waals surface area contributed by atoms with Gasteiger partial charge < -0.3 is 10.3 Å². The van der Waals surface area contributed by atoms with Crippen LogP contribution in [0.4, 0.5) is 0 Å². The number of nitrogens with two attached hydrogens (primary N) is 1. The van der Waals surface area contributed by atoms with Gasteiger partial charge in [-0.05, 0) is 42.3 Å². The van der Waals surface area contributed by atoms with Crippen LogP contribution in [0, 0.1) is 11.3 Å². The van der Waals surface area contributed by atoms with E-state index in [1.165, 1.54) is 22.0 Å². The molecule has 0 radical (unpaired) electrons. The fraction of sp³-hybridized carbons (Fsp3) is 0.167. The van der Waals surface area contributed by atoms with Crippen LogP contribution < -0.4 is 5.73 Å². The fourth-order valence-electron chi connectivity index (χ4n) is 2.69. The number of hydrogen-bond donors (Lipinski definition) is 1. The predicted molar refractivity (Wildman–Crippen MR) is 85.0 cm³/mol. The van der Waals surface area contributed by atoms with Crippen molar-refractivity contribution >= 4 is 10.9 Å². The van der Waals surface area contributed by atoms with E-state index in [-0.39, 0.29) is 0 Å². The van der Waals surface area contributed by atoms with Crippen LogP contribution >= 0.6 is 0 Å². The second kappa shape index (κ2) is 5.82. The summed E-state index contributed by atoms with van der Waals surface area (Å²) in [5.74, 6) is 0. The quantitative estimate of drug-likeness (QED) is 0.795. The van der Waals surface area contributed by atoms with Crippen LogP contribution in [0.25, 0.3) is 10.9 Å². The van der Waals surface area contributed by atoms with Crippen LogP contribution in [0.3, 0.4) is 0 Å². The monoisotopic (exact) mass is 275 g/mol. The lowest BCUT2D eigenvalue weighted by atomic mass is 10.1. The molecular weight excluding hydrogens is 258 g/mol. The maximum atomic E-state index is 8.85. The Morgan fingerprint density at radius 1 is 1.05 bits per heavy atom. The first-order valence-corrected chi connectivity index (χ1v) is 7.07. The highest BCUT2D eigenvalue weighted by Gasteiger charge is 2.07. The van der Waals surface area contributed by atoms with E-state index in [0.29, 0.717) is 12.1 Å². The molecule has 2 aromatic carbocycles. The molecule has 1 heterocycles. The molecule has 1 aromatic heterocycles. The average molecular weight is 275 g/mol. The molecule has 21 heavy (non-hydrogen) atoms. The van der Waals surface area contributed by atoms with E-state index in [1.54, 1.807) is 0 Å². The summed E-state index contributed by atoms with van der Waals surface area (Å²) >= 11 is 0. The van der Waals surface area contributed by atoms with Gasteiger partial charge in [-0.25, -0.2) is 0 Å². The van der Waals surface area contributed by atoms with Crippen LogP contribution in [-0.2, 0) is 13.0 Å². The Balaban J connectivity index is 1.98. The number of nitrogens with zero attached hydrogens (tertiary/aromatic N) is 2. The van der Waals surface area contributed by atoms with Gasteiger partial charge in [0.05, 0.1) is 11.6 Å². The Bertz CT molecular complexity index is 791. The minimum atomic E-state index is 0.658. The molecule has 0 aliphatic heterocycles. The van der Waals surface area contributed by atoms with Crippen molar-refractivity contribution in [3.05, 3.63) is 71.4 Å². The van der Waals surface area contributed by atoms with Crippen LogP contribution in [0.15, 0.2) is 54.7 Å². The lowest BCUT2D eigenvalue weighted by molar-refractivity contribution is 0.827. The summed E-state index contributed by atoms with van der Waals surface area (Å²) in [5.41, 5.74) is 10.1. The van der Waals surface area contributed by atoms with Crippen molar-refractivity contribution in [2.45, 2.75) is 13.0 Å². The molecule has 0 unspecified atom stereocenters. The average Bonchev–Trinajstić information content (AvgIpc) is 2.87. The molecule has 0 fully saturated rings. The molecule has 0 bridgehead atoms. The standard InChI is InChI=1S/C18H17N3/c19-10-9-16-13-21(18-4-2-1-3-17(16)18)12-15-7-5-14(11-20)6-8-15/h1-8,13H,9-10,12,19H2. The summed E-state index contributed by atoms with van der Waals surface area (Å²) in [6.07, 6.45) is 3.08. The third kappa shape index (κ3) is 2.67. The van der Waals surface area contributed by atoms with Gasteiger partial charge in [0.25, 0.3) is 0 Å². The highest BCUT2D eigenvalue weighted by molar-refractivity contribution is 5.84. The summed E-state index contributed by atoms with van der Waals surface area (Å²) < 4.78 is 2.25. The molecule has 0 spiro atoms. The number of aromatic nitrogens is 1. The van der Waals surface area contributed by atoms with Gasteiger partial charge in [0, 0.05) is 23.6 Å². The van der Waals surface area contributed by atoms with E-state index in [0.717, 1.165) is 13.0 Å². The van der Waals surface area contributed by atoms with Gasteiger partial charge in [-0.1, -0.05) is 30.3 Å². The summed E-state index contributed by atoms with van der Waals surface area (Å²) in [4.78, 5) is 0. The minimum Gasteiger partial charge on any atom is -0.343 e. The van der Waals surface area contributed by atoms with Crippen LogP contribution in [-0.4, -0.2) is 11.1 Å². The van der Waals surface area contributed by atoms with E-state index in [1.807, 2.05) is 24.3 Å². The topological polar surface area (TPSA) is 54.7 Å². The molecule has 3 aromatic rings. The third-order valence-electron chi connectivity index (χ3n) is 3.72. The molecule has 3 rings (SSSR count). The Kier molecular flexibility index (Phi) is 3.72. The summed E-state index contributed by atoms with van der Waals surface area (Å²) in [6.45, 7) is 1.46. The first-order chi connectivity index (χ1) is 10.3. The SMILES string of the molecule is N#Cc1ccc(Cn2cc(CCN)c3ccccc32)cc1. The van der Waals surface area contributed by atoms with Gasteiger partial charge in [0.1, 0.15) is 0 Å². The zero-order valence-corrected chi connectivity index (χ0v) is 11.8. The van der Waals surface area contributed by atoms with Crippen molar-refractivity contribution in [1.29, 1.82) is 5.26 Å². The lowest BCUT2D eigenvalue weighted by Crippen LogP contribution is -2.02. The Labute approximate surface area is 124 Å².